The van der Waals surface area contributed by atoms with Crippen LogP contribution < -0.4 is 10.6 Å². The lowest BCUT2D eigenvalue weighted by atomic mass is 9.97. The number of carbonyl (C=O) groups excluding carboxylic acids is 1. The summed E-state index contributed by atoms with van der Waals surface area (Å²) < 4.78 is 6.34. The normalized spacial score (nSPS) is 17.5. The SMILES string of the molecule is Cc1cc(NC(=O)C2=NCNCc3ccc(-c4cnn(C5CCN(C)CC5)c4)cc32)sn1. The average molecular weight is 450 g/mol. The maximum absolute atomic E-state index is 13.1. The lowest BCUT2D eigenvalue weighted by Gasteiger charge is -2.28. The van der Waals surface area contributed by atoms with Crippen LogP contribution in [-0.4, -0.2) is 57.5 Å². The second-order valence-corrected chi connectivity index (χ2v) is 9.30. The number of piperidine rings is 1. The molecule has 2 aliphatic rings. The van der Waals surface area contributed by atoms with Crippen LogP contribution in [0.4, 0.5) is 5.00 Å². The van der Waals surface area contributed by atoms with E-state index in [0.29, 0.717) is 25.0 Å². The van der Waals surface area contributed by atoms with E-state index in [9.17, 15) is 4.79 Å². The highest BCUT2D eigenvalue weighted by atomic mass is 32.1. The third-order valence-electron chi connectivity index (χ3n) is 6.11. The molecule has 3 aromatic rings. The number of carbonyl (C=O) groups is 1. The molecule has 166 valence electrons. The summed E-state index contributed by atoms with van der Waals surface area (Å²) >= 11 is 1.28. The number of rotatable bonds is 4. The van der Waals surface area contributed by atoms with Gasteiger partial charge in [0.25, 0.3) is 5.91 Å². The number of hydrogen-bond acceptors (Lipinski definition) is 7. The van der Waals surface area contributed by atoms with E-state index >= 15 is 0 Å². The van der Waals surface area contributed by atoms with Crippen molar-refractivity contribution in [3.63, 3.8) is 0 Å². The first-order chi connectivity index (χ1) is 15.6. The first-order valence-corrected chi connectivity index (χ1v) is 11.7. The van der Waals surface area contributed by atoms with E-state index in [0.717, 1.165) is 58.9 Å². The van der Waals surface area contributed by atoms with Gasteiger partial charge >= 0.3 is 0 Å². The molecule has 0 bridgehead atoms. The summed E-state index contributed by atoms with van der Waals surface area (Å²) in [6.07, 6.45) is 6.28. The van der Waals surface area contributed by atoms with Crippen molar-refractivity contribution >= 4 is 28.2 Å². The van der Waals surface area contributed by atoms with Gasteiger partial charge in [0.1, 0.15) is 10.7 Å². The fourth-order valence-corrected chi connectivity index (χ4v) is 4.93. The van der Waals surface area contributed by atoms with E-state index in [1.165, 1.54) is 11.5 Å². The zero-order valence-electron chi connectivity index (χ0n) is 18.3. The fourth-order valence-electron chi connectivity index (χ4n) is 4.28. The fraction of sp³-hybridized carbons (Fsp3) is 0.391. The van der Waals surface area contributed by atoms with Crippen molar-refractivity contribution < 1.29 is 4.79 Å². The molecule has 0 atom stereocenters. The van der Waals surface area contributed by atoms with Gasteiger partial charge in [-0.2, -0.15) is 9.47 Å². The zero-order valence-corrected chi connectivity index (χ0v) is 19.2. The zero-order chi connectivity index (χ0) is 22.1. The molecule has 1 saturated heterocycles. The predicted octanol–water partition coefficient (Wildman–Crippen LogP) is 3.07. The van der Waals surface area contributed by atoms with Gasteiger partial charge in [-0.1, -0.05) is 12.1 Å². The van der Waals surface area contributed by atoms with E-state index in [4.69, 9.17) is 0 Å². The van der Waals surface area contributed by atoms with E-state index in [-0.39, 0.29) is 5.91 Å². The maximum Gasteiger partial charge on any atom is 0.275 e. The molecule has 4 heterocycles. The van der Waals surface area contributed by atoms with Crippen LogP contribution >= 0.6 is 11.5 Å². The van der Waals surface area contributed by atoms with Gasteiger partial charge in [-0.3, -0.25) is 19.8 Å². The number of benzene rings is 1. The van der Waals surface area contributed by atoms with Gasteiger partial charge in [0.15, 0.2) is 0 Å². The quantitative estimate of drug-likeness (QED) is 0.639. The molecule has 1 fully saturated rings. The molecule has 5 rings (SSSR count). The summed E-state index contributed by atoms with van der Waals surface area (Å²) in [5.74, 6) is -0.210. The Morgan fingerprint density at radius 1 is 1.22 bits per heavy atom. The van der Waals surface area contributed by atoms with Crippen LogP contribution in [0.5, 0.6) is 0 Å². The van der Waals surface area contributed by atoms with Crippen molar-refractivity contribution in [2.75, 3.05) is 32.1 Å². The van der Waals surface area contributed by atoms with Gasteiger partial charge < -0.3 is 10.2 Å². The Balaban J connectivity index is 1.42. The molecule has 0 aliphatic carbocycles. The van der Waals surface area contributed by atoms with Crippen LogP contribution in [0, 0.1) is 6.92 Å². The summed E-state index contributed by atoms with van der Waals surface area (Å²) in [5.41, 5.74) is 5.35. The Morgan fingerprint density at radius 2 is 2.06 bits per heavy atom. The maximum atomic E-state index is 13.1. The number of aryl methyl sites for hydroxylation is 1. The third kappa shape index (κ3) is 4.36. The number of hydrogen-bond donors (Lipinski definition) is 2. The highest BCUT2D eigenvalue weighted by molar-refractivity contribution is 7.10. The highest BCUT2D eigenvalue weighted by Crippen LogP contribution is 2.27. The first kappa shape index (κ1) is 21.0. The molecule has 1 amide bonds. The van der Waals surface area contributed by atoms with Crippen molar-refractivity contribution in [2.24, 2.45) is 4.99 Å². The van der Waals surface area contributed by atoms with Gasteiger partial charge in [0, 0.05) is 23.9 Å². The summed E-state index contributed by atoms with van der Waals surface area (Å²) in [4.78, 5) is 20.0. The predicted molar refractivity (Wildman–Crippen MR) is 127 cm³/mol. The Morgan fingerprint density at radius 3 is 2.84 bits per heavy atom. The van der Waals surface area contributed by atoms with Crippen LogP contribution in [0.25, 0.3) is 11.1 Å². The number of anilines is 1. The molecule has 8 nitrogen and oxygen atoms in total. The van der Waals surface area contributed by atoms with Gasteiger partial charge in [0.2, 0.25) is 0 Å². The number of fused-ring (bicyclic) bond motifs is 1. The average Bonchev–Trinajstić information content (AvgIpc) is 3.38. The molecule has 1 aromatic carbocycles. The number of amides is 1. The second-order valence-electron chi connectivity index (χ2n) is 8.49. The molecular weight excluding hydrogens is 422 g/mol. The lowest BCUT2D eigenvalue weighted by molar-refractivity contribution is -0.110. The van der Waals surface area contributed by atoms with Crippen LogP contribution in [0.15, 0.2) is 41.7 Å². The Kier molecular flexibility index (Phi) is 5.86. The van der Waals surface area contributed by atoms with E-state index < -0.39 is 0 Å². The van der Waals surface area contributed by atoms with Gasteiger partial charge in [-0.05, 0) is 74.7 Å². The Bertz CT molecular complexity index is 1160. The van der Waals surface area contributed by atoms with E-state index in [1.54, 1.807) is 0 Å². The summed E-state index contributed by atoms with van der Waals surface area (Å²) in [7, 11) is 2.17. The van der Waals surface area contributed by atoms with Crippen LogP contribution in [0.3, 0.4) is 0 Å². The molecule has 32 heavy (non-hydrogen) atoms. The summed E-state index contributed by atoms with van der Waals surface area (Å²) in [5, 5.41) is 11.6. The third-order valence-corrected chi connectivity index (χ3v) is 6.90. The summed E-state index contributed by atoms with van der Waals surface area (Å²) in [6.45, 7) is 5.18. The highest BCUT2D eigenvalue weighted by Gasteiger charge is 2.22. The molecule has 2 aromatic heterocycles. The Hall–Kier alpha value is -2.88. The number of nitrogens with one attached hydrogen (secondary N) is 2. The Labute approximate surface area is 191 Å². The lowest BCUT2D eigenvalue weighted by Crippen LogP contribution is -2.31. The van der Waals surface area contributed by atoms with Crippen molar-refractivity contribution in [2.45, 2.75) is 32.4 Å². The molecule has 2 aliphatic heterocycles. The molecule has 0 unspecified atom stereocenters. The minimum Gasteiger partial charge on any atom is -0.311 e. The summed E-state index contributed by atoms with van der Waals surface area (Å²) in [6, 6.07) is 8.55. The van der Waals surface area contributed by atoms with Crippen molar-refractivity contribution in [3.05, 3.63) is 53.5 Å². The minimum absolute atomic E-state index is 0.210. The smallest absolute Gasteiger partial charge is 0.275 e. The largest absolute Gasteiger partial charge is 0.311 e. The van der Waals surface area contributed by atoms with E-state index in [1.807, 2.05) is 19.2 Å². The number of aromatic nitrogens is 3. The van der Waals surface area contributed by atoms with Crippen molar-refractivity contribution in [3.8, 4) is 11.1 Å². The first-order valence-electron chi connectivity index (χ1n) is 10.9. The van der Waals surface area contributed by atoms with E-state index in [2.05, 4.69) is 66.1 Å². The second kappa shape index (κ2) is 8.93. The monoisotopic (exact) mass is 449 g/mol. The van der Waals surface area contributed by atoms with Crippen molar-refractivity contribution in [1.82, 2.24) is 24.4 Å². The van der Waals surface area contributed by atoms with Gasteiger partial charge in [0.05, 0.1) is 24.6 Å². The number of nitrogens with zero attached hydrogens (tertiary/aromatic N) is 5. The van der Waals surface area contributed by atoms with Gasteiger partial charge in [-0.15, -0.1) is 0 Å². The molecule has 0 saturated carbocycles. The molecule has 9 heteroatoms. The minimum atomic E-state index is -0.210. The molecular formula is C23H27N7OS. The standard InChI is InChI=1S/C23H27N7OS/c1-15-9-21(32-28-15)27-23(31)22-20-10-16(3-4-17(20)11-24-14-25-22)18-12-26-30(13-18)19-5-7-29(2)8-6-19/h3-4,9-10,12-13,19,24H,5-8,11,14H2,1-2H3,(H,27,31). The van der Waals surface area contributed by atoms with Crippen LogP contribution in [0.2, 0.25) is 0 Å². The van der Waals surface area contributed by atoms with Crippen molar-refractivity contribution in [1.29, 1.82) is 0 Å². The van der Waals surface area contributed by atoms with Gasteiger partial charge in [-0.25, -0.2) is 0 Å². The molecule has 2 N–H and O–H groups in total. The number of aliphatic imine (C=N–C) groups is 1. The topological polar surface area (TPSA) is 87.4 Å². The molecule has 0 spiro atoms. The van der Waals surface area contributed by atoms with Crippen LogP contribution in [0.1, 0.15) is 35.7 Å². The van der Waals surface area contributed by atoms with Crippen LogP contribution in [-0.2, 0) is 11.3 Å². The molecule has 0 radical (unpaired) electrons. The number of likely N-dealkylation sites (tertiary alicyclic amines) is 1.